The highest BCUT2D eigenvalue weighted by atomic mass is 16.5. The molecule has 0 saturated heterocycles. The molecule has 5 heteroatoms. The molecule has 4 rings (SSSR count). The Morgan fingerprint density at radius 3 is 2.74 bits per heavy atom. The summed E-state index contributed by atoms with van der Waals surface area (Å²) in [5.41, 5.74) is 2.34. The van der Waals surface area contributed by atoms with E-state index in [0.29, 0.717) is 17.9 Å². The molecule has 1 fully saturated rings. The van der Waals surface area contributed by atoms with E-state index in [2.05, 4.69) is 5.32 Å². The van der Waals surface area contributed by atoms with E-state index in [1.54, 1.807) is 4.90 Å². The third-order valence-corrected chi connectivity index (χ3v) is 5.28. The number of carbonyl (C=O) groups is 2. The van der Waals surface area contributed by atoms with Crippen LogP contribution in [0.1, 0.15) is 48.0 Å². The molecule has 0 radical (unpaired) electrons. The minimum Gasteiger partial charge on any atom is -0.482 e. The van der Waals surface area contributed by atoms with Gasteiger partial charge in [0.25, 0.3) is 11.8 Å². The Bertz CT molecular complexity index is 843. The molecule has 140 valence electrons. The molecule has 0 aromatic heterocycles. The zero-order valence-electron chi connectivity index (χ0n) is 15.3. The lowest BCUT2D eigenvalue weighted by atomic mass is 9.95. The zero-order valence-corrected chi connectivity index (χ0v) is 15.3. The largest absolute Gasteiger partial charge is 0.482 e. The lowest BCUT2D eigenvalue weighted by Gasteiger charge is -2.29. The molecule has 2 amide bonds. The highest BCUT2D eigenvalue weighted by Gasteiger charge is 2.25. The lowest BCUT2D eigenvalue weighted by Crippen LogP contribution is -2.38. The number of hydrogen-bond donors (Lipinski definition) is 1. The number of hydrogen-bond acceptors (Lipinski definition) is 3. The van der Waals surface area contributed by atoms with Crippen molar-refractivity contribution in [2.45, 2.75) is 44.7 Å². The highest BCUT2D eigenvalue weighted by Crippen LogP contribution is 2.32. The predicted molar refractivity (Wildman–Crippen MR) is 104 cm³/mol. The molecule has 0 bridgehead atoms. The Morgan fingerprint density at radius 2 is 1.89 bits per heavy atom. The van der Waals surface area contributed by atoms with E-state index in [4.69, 9.17) is 4.74 Å². The first-order chi connectivity index (χ1) is 13.2. The maximum Gasteiger partial charge on any atom is 0.265 e. The van der Waals surface area contributed by atoms with Gasteiger partial charge in [-0.25, -0.2) is 0 Å². The van der Waals surface area contributed by atoms with Crippen molar-refractivity contribution in [3.63, 3.8) is 0 Å². The molecule has 0 spiro atoms. The van der Waals surface area contributed by atoms with Crippen molar-refractivity contribution in [3.05, 3.63) is 59.7 Å². The number of anilines is 1. The first kappa shape index (κ1) is 17.6. The van der Waals surface area contributed by atoms with Gasteiger partial charge in [-0.2, -0.15) is 0 Å². The molecule has 1 aliphatic carbocycles. The normalized spacial score (nSPS) is 17.2. The number of carbonyl (C=O) groups excluding carboxylic acids is 2. The topological polar surface area (TPSA) is 58.6 Å². The smallest absolute Gasteiger partial charge is 0.265 e. The summed E-state index contributed by atoms with van der Waals surface area (Å²) >= 11 is 0. The van der Waals surface area contributed by atoms with E-state index >= 15 is 0 Å². The van der Waals surface area contributed by atoms with Crippen molar-refractivity contribution in [1.29, 1.82) is 0 Å². The molecule has 1 aliphatic heterocycles. The van der Waals surface area contributed by atoms with Crippen molar-refractivity contribution in [1.82, 2.24) is 5.32 Å². The maximum absolute atomic E-state index is 12.6. The number of rotatable bonds is 4. The molecule has 2 aromatic carbocycles. The van der Waals surface area contributed by atoms with Crippen molar-refractivity contribution in [2.75, 3.05) is 11.5 Å². The minimum absolute atomic E-state index is 0.0301. The number of benzene rings is 2. The third kappa shape index (κ3) is 3.97. The average Bonchev–Trinajstić information content (AvgIpc) is 2.71. The summed E-state index contributed by atoms with van der Waals surface area (Å²) in [7, 11) is 0. The second-order valence-electron chi connectivity index (χ2n) is 7.25. The number of nitrogens with one attached hydrogen (secondary N) is 1. The average molecular weight is 364 g/mol. The lowest BCUT2D eigenvalue weighted by molar-refractivity contribution is -0.121. The van der Waals surface area contributed by atoms with Gasteiger partial charge >= 0.3 is 0 Å². The van der Waals surface area contributed by atoms with Crippen LogP contribution < -0.4 is 15.0 Å². The Labute approximate surface area is 159 Å². The van der Waals surface area contributed by atoms with Gasteiger partial charge in [-0.15, -0.1) is 0 Å². The van der Waals surface area contributed by atoms with Crippen molar-refractivity contribution in [2.24, 2.45) is 0 Å². The molecule has 5 nitrogen and oxygen atoms in total. The number of amides is 2. The van der Waals surface area contributed by atoms with Crippen LogP contribution >= 0.6 is 0 Å². The van der Waals surface area contributed by atoms with E-state index < -0.39 is 0 Å². The van der Waals surface area contributed by atoms with E-state index in [1.165, 1.54) is 19.3 Å². The summed E-state index contributed by atoms with van der Waals surface area (Å²) in [4.78, 5) is 26.7. The SMILES string of the molecule is O=C(NC1CCCCC1)c1cccc(CN2C(=O)COc3ccccc32)c1. The quantitative estimate of drug-likeness (QED) is 0.900. The molecule has 2 aromatic rings. The molecule has 1 N–H and O–H groups in total. The summed E-state index contributed by atoms with van der Waals surface area (Å²) in [6.07, 6.45) is 5.75. The van der Waals surface area contributed by atoms with E-state index in [0.717, 1.165) is 24.1 Å². The second-order valence-corrected chi connectivity index (χ2v) is 7.25. The standard InChI is InChI=1S/C22H24N2O3/c25-21-15-27-20-12-5-4-11-19(20)24(21)14-16-7-6-8-17(13-16)22(26)23-18-9-2-1-3-10-18/h4-8,11-13,18H,1-3,9-10,14-15H2,(H,23,26). The van der Waals surface area contributed by atoms with Gasteiger partial charge in [-0.3, -0.25) is 9.59 Å². The molecule has 2 aliphatic rings. The monoisotopic (exact) mass is 364 g/mol. The number of para-hydroxylation sites is 2. The molecule has 27 heavy (non-hydrogen) atoms. The summed E-state index contributed by atoms with van der Waals surface area (Å²) in [5.74, 6) is 0.603. The van der Waals surface area contributed by atoms with Crippen LogP contribution in [0.4, 0.5) is 5.69 Å². The Balaban J connectivity index is 1.49. The Kier molecular flexibility index (Phi) is 5.10. The van der Waals surface area contributed by atoms with Gasteiger partial charge < -0.3 is 15.0 Å². The fourth-order valence-electron chi connectivity index (χ4n) is 3.84. The maximum atomic E-state index is 12.6. The van der Waals surface area contributed by atoms with Crippen LogP contribution in [-0.2, 0) is 11.3 Å². The number of nitrogens with zero attached hydrogens (tertiary/aromatic N) is 1. The molecular formula is C22H24N2O3. The van der Waals surface area contributed by atoms with Crippen molar-refractivity contribution >= 4 is 17.5 Å². The van der Waals surface area contributed by atoms with Crippen LogP contribution in [-0.4, -0.2) is 24.5 Å². The molecule has 0 unspecified atom stereocenters. The number of ether oxygens (including phenoxy) is 1. The first-order valence-corrected chi connectivity index (χ1v) is 9.63. The molecule has 1 saturated carbocycles. The van der Waals surface area contributed by atoms with Crippen molar-refractivity contribution < 1.29 is 14.3 Å². The van der Waals surface area contributed by atoms with Gasteiger partial charge in [-0.1, -0.05) is 43.5 Å². The zero-order chi connectivity index (χ0) is 18.6. The van der Waals surface area contributed by atoms with E-state index in [-0.39, 0.29) is 24.5 Å². The van der Waals surface area contributed by atoms with Gasteiger partial charge in [0.05, 0.1) is 12.2 Å². The van der Waals surface area contributed by atoms with Gasteiger partial charge in [0.1, 0.15) is 5.75 Å². The number of fused-ring (bicyclic) bond motifs is 1. The van der Waals surface area contributed by atoms with E-state index in [1.807, 2.05) is 48.5 Å². The Morgan fingerprint density at radius 1 is 1.07 bits per heavy atom. The van der Waals surface area contributed by atoms with Crippen LogP contribution in [0, 0.1) is 0 Å². The molecule has 0 atom stereocenters. The summed E-state index contributed by atoms with van der Waals surface area (Å²) < 4.78 is 5.49. The Hall–Kier alpha value is -2.82. The van der Waals surface area contributed by atoms with Crippen LogP contribution in [0.2, 0.25) is 0 Å². The fourth-order valence-corrected chi connectivity index (χ4v) is 3.84. The van der Waals surface area contributed by atoms with Crippen LogP contribution in [0.25, 0.3) is 0 Å². The van der Waals surface area contributed by atoms with Gasteiger partial charge in [0, 0.05) is 11.6 Å². The summed E-state index contributed by atoms with van der Waals surface area (Å²) in [5, 5.41) is 3.15. The van der Waals surface area contributed by atoms with Crippen LogP contribution in [0.5, 0.6) is 5.75 Å². The first-order valence-electron chi connectivity index (χ1n) is 9.63. The van der Waals surface area contributed by atoms with Gasteiger partial charge in [0.15, 0.2) is 6.61 Å². The van der Waals surface area contributed by atoms with Gasteiger partial charge in [-0.05, 0) is 42.7 Å². The summed E-state index contributed by atoms with van der Waals surface area (Å²) in [6, 6.07) is 15.3. The molecule has 1 heterocycles. The second kappa shape index (κ2) is 7.82. The summed E-state index contributed by atoms with van der Waals surface area (Å²) in [6.45, 7) is 0.461. The fraction of sp³-hybridized carbons (Fsp3) is 0.364. The molecular weight excluding hydrogens is 340 g/mol. The van der Waals surface area contributed by atoms with Crippen molar-refractivity contribution in [3.8, 4) is 5.75 Å². The van der Waals surface area contributed by atoms with E-state index in [9.17, 15) is 9.59 Å². The van der Waals surface area contributed by atoms with Crippen LogP contribution in [0.15, 0.2) is 48.5 Å². The predicted octanol–water partition coefficient (Wildman–Crippen LogP) is 3.67. The third-order valence-electron chi connectivity index (χ3n) is 5.28. The van der Waals surface area contributed by atoms with Gasteiger partial charge in [0.2, 0.25) is 0 Å². The highest BCUT2D eigenvalue weighted by molar-refractivity contribution is 5.98. The minimum atomic E-state index is -0.0780. The van der Waals surface area contributed by atoms with Crippen LogP contribution in [0.3, 0.4) is 0 Å².